The molecule has 5 aliphatic rings. The van der Waals surface area contributed by atoms with Crippen LogP contribution in [-0.2, 0) is 14.2 Å². The Balaban J connectivity index is 1.43. The summed E-state index contributed by atoms with van der Waals surface area (Å²) in [6, 6.07) is 9.83. The molecule has 3 fully saturated rings. The number of rotatable bonds is 5. The summed E-state index contributed by atoms with van der Waals surface area (Å²) in [5.41, 5.74) is 0.141. The molecule has 7 nitrogen and oxygen atoms in total. The molecule has 2 unspecified atom stereocenters. The van der Waals surface area contributed by atoms with Gasteiger partial charge in [0.2, 0.25) is 6.41 Å². The lowest BCUT2D eigenvalue weighted by Gasteiger charge is -2.55. The van der Waals surface area contributed by atoms with Gasteiger partial charge in [-0.25, -0.2) is 0 Å². The van der Waals surface area contributed by atoms with Gasteiger partial charge in [-0.3, -0.25) is 4.90 Å². The molecular weight excluding hydrogens is 506 g/mol. The molecule has 11 atom stereocenters. The molecule has 0 aromatic heterocycles. The van der Waals surface area contributed by atoms with Gasteiger partial charge >= 0.3 is 0 Å². The molecule has 1 saturated heterocycles. The van der Waals surface area contributed by atoms with Crippen molar-refractivity contribution in [3.05, 3.63) is 59.2 Å². The average molecular weight is 554 g/mol. The predicted octanol–water partition coefficient (Wildman–Crippen LogP) is 4.40. The lowest BCUT2D eigenvalue weighted by molar-refractivity contribution is -0.330. The standard InChI is InChI=1S/C33H47NO6/c1-18-16-32-19(2)14-24-25(30(24,4)5)23(26(32)35)15-22-17-38-31(6,7)40-28(22)33(32,37)27(18)39-29(36)34(8)20(3)21-12-10-9-11-13-21/h9-13,15-16,19-20,23-29,35-37H,14,17H2,1-8H3/t19-,20+,23+,24-,25+,26?,27+,28-,29?,32+,33-/m1/s1. The van der Waals surface area contributed by atoms with Crippen LogP contribution in [0.2, 0.25) is 0 Å². The van der Waals surface area contributed by atoms with Gasteiger partial charge in [-0.15, -0.1) is 0 Å². The first kappa shape index (κ1) is 28.5. The highest BCUT2D eigenvalue weighted by Gasteiger charge is 2.76. The van der Waals surface area contributed by atoms with E-state index >= 15 is 0 Å². The summed E-state index contributed by atoms with van der Waals surface area (Å²) >= 11 is 0. The molecule has 1 aromatic carbocycles. The highest BCUT2D eigenvalue weighted by molar-refractivity contribution is 5.44. The number of fused-ring (bicyclic) bond motifs is 5. The van der Waals surface area contributed by atoms with Crippen LogP contribution in [0.15, 0.2) is 53.6 Å². The Morgan fingerprint density at radius 2 is 1.80 bits per heavy atom. The number of hydrogen-bond acceptors (Lipinski definition) is 7. The minimum Gasteiger partial charge on any atom is -0.391 e. The zero-order valence-corrected chi connectivity index (χ0v) is 25.2. The molecule has 40 heavy (non-hydrogen) atoms. The van der Waals surface area contributed by atoms with Gasteiger partial charge in [-0.1, -0.05) is 63.3 Å². The van der Waals surface area contributed by atoms with Crippen molar-refractivity contribution in [2.75, 3.05) is 13.7 Å². The molecular formula is C33H47NO6. The summed E-state index contributed by atoms with van der Waals surface area (Å²) in [6.07, 6.45) is 1.31. The van der Waals surface area contributed by atoms with Crippen molar-refractivity contribution in [1.29, 1.82) is 0 Å². The number of hydrogen-bond donors (Lipinski definition) is 3. The first-order chi connectivity index (χ1) is 18.7. The third-order valence-corrected chi connectivity index (χ3v) is 11.4. The zero-order chi connectivity index (χ0) is 29.0. The molecule has 6 rings (SSSR count). The van der Waals surface area contributed by atoms with E-state index in [1.807, 2.05) is 65.1 Å². The SMILES string of the molecule is CC1=C[C@]23C(O)[C@@H](C=C4COC(C)(C)O[C@H]4[C@]2(O)[C@H]1OC(O)N(C)[C@@H](C)c1ccccc1)[C@H]1[C@@H](C[C@H]3C)C1(C)C. The molecule has 1 spiro atoms. The van der Waals surface area contributed by atoms with E-state index in [4.69, 9.17) is 14.2 Å². The summed E-state index contributed by atoms with van der Waals surface area (Å²) in [5, 5.41) is 37.1. The molecule has 4 aliphatic carbocycles. The highest BCUT2D eigenvalue weighted by atomic mass is 16.7. The number of aliphatic hydroxyl groups is 3. The molecule has 7 heteroatoms. The van der Waals surface area contributed by atoms with Crippen LogP contribution in [-0.4, -0.2) is 70.0 Å². The van der Waals surface area contributed by atoms with Crippen LogP contribution >= 0.6 is 0 Å². The summed E-state index contributed by atoms with van der Waals surface area (Å²) in [6.45, 7) is 14.7. The maximum atomic E-state index is 13.2. The lowest BCUT2D eigenvalue weighted by atomic mass is 9.58. The number of aliphatic hydroxyl groups excluding tert-OH is 2. The highest BCUT2D eigenvalue weighted by Crippen LogP contribution is 2.73. The van der Waals surface area contributed by atoms with Crippen molar-refractivity contribution in [2.24, 2.45) is 34.5 Å². The number of ether oxygens (including phenoxy) is 3. The topological polar surface area (TPSA) is 91.6 Å². The van der Waals surface area contributed by atoms with Gasteiger partial charge in [0.15, 0.2) is 5.79 Å². The van der Waals surface area contributed by atoms with Crippen molar-refractivity contribution in [2.45, 2.75) is 97.0 Å². The van der Waals surface area contributed by atoms with E-state index in [0.717, 1.165) is 23.1 Å². The van der Waals surface area contributed by atoms with Crippen LogP contribution < -0.4 is 0 Å². The minimum atomic E-state index is -1.66. The normalized spacial score (nSPS) is 44.2. The maximum Gasteiger partial charge on any atom is 0.217 e. The minimum absolute atomic E-state index is 0.0456. The van der Waals surface area contributed by atoms with E-state index in [1.165, 1.54) is 0 Å². The Morgan fingerprint density at radius 3 is 2.48 bits per heavy atom. The van der Waals surface area contributed by atoms with Gasteiger partial charge in [0.1, 0.15) is 17.8 Å². The molecule has 3 N–H and O–H groups in total. The van der Waals surface area contributed by atoms with Crippen LogP contribution in [0.5, 0.6) is 0 Å². The Morgan fingerprint density at radius 1 is 1.12 bits per heavy atom. The zero-order valence-electron chi connectivity index (χ0n) is 25.2. The Kier molecular flexibility index (Phi) is 6.57. The van der Waals surface area contributed by atoms with Gasteiger partial charge in [0.05, 0.1) is 18.1 Å². The fourth-order valence-electron chi connectivity index (χ4n) is 9.01. The maximum absolute atomic E-state index is 13.2. The summed E-state index contributed by atoms with van der Waals surface area (Å²) in [4.78, 5) is 1.76. The van der Waals surface area contributed by atoms with E-state index in [1.54, 1.807) is 4.90 Å². The first-order valence-corrected chi connectivity index (χ1v) is 14.9. The van der Waals surface area contributed by atoms with E-state index in [2.05, 4.69) is 32.9 Å². The second-order valence-electron chi connectivity index (χ2n) is 14.3. The van der Waals surface area contributed by atoms with Gasteiger partial charge < -0.3 is 29.5 Å². The molecule has 1 aliphatic heterocycles. The third-order valence-electron chi connectivity index (χ3n) is 11.4. The smallest absolute Gasteiger partial charge is 0.217 e. The molecule has 220 valence electrons. The van der Waals surface area contributed by atoms with E-state index in [0.29, 0.717) is 18.4 Å². The Bertz CT molecular complexity index is 1210. The molecule has 2 saturated carbocycles. The van der Waals surface area contributed by atoms with Crippen molar-refractivity contribution in [3.8, 4) is 0 Å². The Hall–Kier alpha value is -1.58. The fraction of sp³-hybridized carbons (Fsp3) is 0.697. The summed E-state index contributed by atoms with van der Waals surface area (Å²) < 4.78 is 19.2. The second-order valence-corrected chi connectivity index (χ2v) is 14.3. The predicted molar refractivity (Wildman–Crippen MR) is 152 cm³/mol. The Labute approximate surface area is 238 Å². The quantitative estimate of drug-likeness (QED) is 0.368. The average Bonchev–Trinajstić information content (AvgIpc) is 3.40. The first-order valence-electron chi connectivity index (χ1n) is 14.9. The van der Waals surface area contributed by atoms with Crippen molar-refractivity contribution in [1.82, 2.24) is 4.90 Å². The van der Waals surface area contributed by atoms with Gasteiger partial charge in [-0.2, -0.15) is 0 Å². The molecule has 2 bridgehead atoms. The van der Waals surface area contributed by atoms with Gasteiger partial charge in [0.25, 0.3) is 0 Å². The van der Waals surface area contributed by atoms with E-state index < -0.39 is 41.5 Å². The monoisotopic (exact) mass is 553 g/mol. The molecule has 1 heterocycles. The molecule has 1 aromatic rings. The van der Waals surface area contributed by atoms with Crippen LogP contribution in [0.4, 0.5) is 0 Å². The van der Waals surface area contributed by atoms with Crippen LogP contribution in [0.25, 0.3) is 0 Å². The second kappa shape index (κ2) is 9.21. The van der Waals surface area contributed by atoms with Crippen molar-refractivity contribution < 1.29 is 29.5 Å². The van der Waals surface area contributed by atoms with Gasteiger partial charge in [-0.05, 0) is 81.0 Å². The van der Waals surface area contributed by atoms with E-state index in [9.17, 15) is 15.3 Å². The number of benzene rings is 1. The van der Waals surface area contributed by atoms with Crippen LogP contribution in [0, 0.1) is 34.5 Å². The summed E-state index contributed by atoms with van der Waals surface area (Å²) in [7, 11) is 1.82. The van der Waals surface area contributed by atoms with Crippen molar-refractivity contribution >= 4 is 0 Å². The van der Waals surface area contributed by atoms with E-state index in [-0.39, 0.29) is 23.3 Å². The number of nitrogens with zero attached hydrogens (tertiary/aromatic N) is 1. The lowest BCUT2D eigenvalue weighted by Crippen LogP contribution is -2.69. The van der Waals surface area contributed by atoms with Crippen LogP contribution in [0.3, 0.4) is 0 Å². The fourth-order valence-corrected chi connectivity index (χ4v) is 9.01. The van der Waals surface area contributed by atoms with Gasteiger partial charge in [0, 0.05) is 12.0 Å². The largest absolute Gasteiger partial charge is 0.391 e. The van der Waals surface area contributed by atoms with Crippen LogP contribution in [0.1, 0.15) is 66.5 Å². The molecule has 0 radical (unpaired) electrons. The van der Waals surface area contributed by atoms with Crippen molar-refractivity contribution in [3.63, 3.8) is 0 Å². The molecule has 0 amide bonds. The summed E-state index contributed by atoms with van der Waals surface area (Å²) in [5.74, 6) is -0.347. The third kappa shape index (κ3) is 3.82.